The van der Waals surface area contributed by atoms with Crippen molar-refractivity contribution in [2.24, 2.45) is 0 Å². The number of aromatic nitrogens is 3. The van der Waals surface area contributed by atoms with Crippen LogP contribution in [0.5, 0.6) is 5.75 Å². The summed E-state index contributed by atoms with van der Waals surface area (Å²) in [4.78, 5) is 17.7. The van der Waals surface area contributed by atoms with E-state index in [4.69, 9.17) is 14.8 Å². The van der Waals surface area contributed by atoms with Crippen molar-refractivity contribution in [1.82, 2.24) is 25.4 Å². The van der Waals surface area contributed by atoms with Crippen LogP contribution < -0.4 is 15.4 Å². The lowest BCUT2D eigenvalue weighted by Gasteiger charge is -2.19. The number of amides is 1. The van der Waals surface area contributed by atoms with E-state index >= 15 is 0 Å². The lowest BCUT2D eigenvalue weighted by Crippen LogP contribution is -2.31. The molecule has 7 rings (SSSR count). The molecule has 2 N–H and O–H groups in total. The number of thiophene rings is 1. The highest BCUT2D eigenvalue weighted by atomic mass is 32.1. The van der Waals surface area contributed by atoms with Crippen LogP contribution in [0.2, 0.25) is 0 Å². The predicted molar refractivity (Wildman–Crippen MR) is 167 cm³/mol. The SMILES string of the molecule is CC.CC(C)Oc1cc(F)ccc1-c1c(-c2cc3n(n2)CCNC3)nc(-c2ccc3c(c2)CCNC3=O)c2ccsc12. The van der Waals surface area contributed by atoms with Gasteiger partial charge < -0.3 is 15.4 Å². The van der Waals surface area contributed by atoms with Crippen molar-refractivity contribution in [3.63, 3.8) is 0 Å². The molecule has 2 aliphatic rings. The molecule has 0 atom stereocenters. The van der Waals surface area contributed by atoms with Crippen molar-refractivity contribution in [3.05, 3.63) is 76.5 Å². The van der Waals surface area contributed by atoms with Gasteiger partial charge in [0.15, 0.2) is 0 Å². The maximum atomic E-state index is 14.5. The quantitative estimate of drug-likeness (QED) is 0.237. The predicted octanol–water partition coefficient (Wildman–Crippen LogP) is 6.84. The van der Waals surface area contributed by atoms with Gasteiger partial charge in [-0.15, -0.1) is 11.3 Å². The number of nitrogens with one attached hydrogen (secondary N) is 2. The first-order valence-corrected chi connectivity index (χ1v) is 15.4. The van der Waals surface area contributed by atoms with Crippen LogP contribution in [0.1, 0.15) is 49.3 Å². The molecule has 5 aromatic rings. The molecule has 5 heterocycles. The number of fused-ring (bicyclic) bond motifs is 3. The first kappa shape index (κ1) is 28.1. The van der Waals surface area contributed by atoms with Gasteiger partial charge >= 0.3 is 0 Å². The highest BCUT2D eigenvalue weighted by Gasteiger charge is 2.26. The van der Waals surface area contributed by atoms with Crippen molar-refractivity contribution in [2.45, 2.75) is 53.3 Å². The van der Waals surface area contributed by atoms with Crippen LogP contribution in [0.25, 0.3) is 43.9 Å². The number of carbonyl (C=O) groups excluding carboxylic acids is 1. The first-order chi connectivity index (χ1) is 20.5. The van der Waals surface area contributed by atoms with Crippen molar-refractivity contribution < 1.29 is 13.9 Å². The second kappa shape index (κ2) is 11.7. The summed E-state index contributed by atoms with van der Waals surface area (Å²) in [5.74, 6) is 0.0872. The highest BCUT2D eigenvalue weighted by molar-refractivity contribution is 7.18. The number of hydrogen-bond donors (Lipinski definition) is 2. The summed E-state index contributed by atoms with van der Waals surface area (Å²) in [7, 11) is 0. The van der Waals surface area contributed by atoms with Crippen LogP contribution in [0.4, 0.5) is 4.39 Å². The van der Waals surface area contributed by atoms with Gasteiger partial charge in [0.2, 0.25) is 0 Å². The van der Waals surface area contributed by atoms with Crippen LogP contribution in [0, 0.1) is 5.82 Å². The fourth-order valence-corrected chi connectivity index (χ4v) is 6.57. The number of pyridine rings is 1. The van der Waals surface area contributed by atoms with Crippen molar-refractivity contribution in [3.8, 4) is 39.5 Å². The van der Waals surface area contributed by atoms with E-state index in [-0.39, 0.29) is 17.8 Å². The molecule has 0 radical (unpaired) electrons. The van der Waals surface area contributed by atoms with Gasteiger partial charge in [0.1, 0.15) is 23.0 Å². The number of ether oxygens (including phenoxy) is 1. The smallest absolute Gasteiger partial charge is 0.251 e. The minimum atomic E-state index is -0.352. The molecule has 2 aliphatic heterocycles. The number of rotatable bonds is 5. The van der Waals surface area contributed by atoms with Crippen LogP contribution in [-0.2, 0) is 19.5 Å². The number of hydrogen-bond acceptors (Lipinski definition) is 6. The Morgan fingerprint density at radius 1 is 1.02 bits per heavy atom. The second-order valence-electron chi connectivity index (χ2n) is 10.5. The first-order valence-electron chi connectivity index (χ1n) is 14.5. The lowest BCUT2D eigenvalue weighted by molar-refractivity contribution is 0.0946. The second-order valence-corrected chi connectivity index (χ2v) is 11.4. The summed E-state index contributed by atoms with van der Waals surface area (Å²) < 4.78 is 23.6. The molecule has 0 saturated carbocycles. The van der Waals surface area contributed by atoms with Crippen molar-refractivity contribution >= 4 is 27.3 Å². The van der Waals surface area contributed by atoms with Gasteiger partial charge in [0, 0.05) is 58.0 Å². The van der Waals surface area contributed by atoms with E-state index in [1.165, 1.54) is 12.1 Å². The van der Waals surface area contributed by atoms with E-state index in [0.29, 0.717) is 17.9 Å². The Morgan fingerprint density at radius 2 is 1.86 bits per heavy atom. The zero-order valence-corrected chi connectivity index (χ0v) is 25.1. The Bertz CT molecular complexity index is 1770. The molecular weight excluding hydrogens is 549 g/mol. The maximum absolute atomic E-state index is 14.5. The Labute approximate surface area is 248 Å². The van der Waals surface area contributed by atoms with Crippen LogP contribution >= 0.6 is 11.3 Å². The minimum absolute atomic E-state index is 0.0383. The standard InChI is InChI=1S/C31H28FN5O2S.C2H6/c1-17(2)39-26-14-20(32)4-6-23(26)27-29(25-15-21-16-33-10-11-37(21)36-25)35-28(24-8-12-40-30(24)27)19-3-5-22-18(13-19)7-9-34-31(22)38;1-2/h3-6,8,12-15,17,33H,7,9-11,16H2,1-2H3,(H,34,38);1-2H3. The molecule has 0 aliphatic carbocycles. The summed E-state index contributed by atoms with van der Waals surface area (Å²) in [5, 5.41) is 14.4. The lowest BCUT2D eigenvalue weighted by atomic mass is 9.94. The molecule has 3 aromatic heterocycles. The zero-order valence-electron chi connectivity index (χ0n) is 24.3. The molecule has 42 heavy (non-hydrogen) atoms. The summed E-state index contributed by atoms with van der Waals surface area (Å²) in [5.41, 5.74) is 7.77. The Balaban J connectivity index is 0.00000155. The van der Waals surface area contributed by atoms with Gasteiger partial charge in [-0.05, 0) is 67.6 Å². The molecule has 0 fully saturated rings. The molecule has 9 heteroatoms. The molecule has 7 nitrogen and oxygen atoms in total. The molecule has 0 saturated heterocycles. The van der Waals surface area contributed by atoms with Gasteiger partial charge in [-0.1, -0.05) is 19.9 Å². The van der Waals surface area contributed by atoms with Crippen molar-refractivity contribution in [2.75, 3.05) is 13.1 Å². The van der Waals surface area contributed by atoms with E-state index in [1.807, 2.05) is 44.5 Å². The highest BCUT2D eigenvalue weighted by Crippen LogP contribution is 2.46. The number of halogens is 1. The summed E-state index contributed by atoms with van der Waals surface area (Å²) in [6.07, 6.45) is 0.646. The summed E-state index contributed by atoms with van der Waals surface area (Å²) >= 11 is 1.62. The van der Waals surface area contributed by atoms with E-state index in [0.717, 1.165) is 81.2 Å². The topological polar surface area (TPSA) is 81.1 Å². The van der Waals surface area contributed by atoms with Crippen LogP contribution in [0.3, 0.4) is 0 Å². The minimum Gasteiger partial charge on any atom is -0.490 e. The van der Waals surface area contributed by atoms with Gasteiger partial charge in [0.05, 0.1) is 24.0 Å². The monoisotopic (exact) mass is 583 g/mol. The third-order valence-corrected chi connectivity index (χ3v) is 8.33. The van der Waals surface area contributed by atoms with E-state index in [1.54, 1.807) is 17.4 Å². The Kier molecular flexibility index (Phi) is 7.79. The summed E-state index contributed by atoms with van der Waals surface area (Å²) in [6, 6.07) is 14.8. The maximum Gasteiger partial charge on any atom is 0.251 e. The molecule has 216 valence electrons. The largest absolute Gasteiger partial charge is 0.490 e. The molecule has 0 unspecified atom stereocenters. The molecule has 0 spiro atoms. The van der Waals surface area contributed by atoms with Crippen LogP contribution in [-0.4, -0.2) is 39.9 Å². The zero-order chi connectivity index (χ0) is 29.4. The fraction of sp³-hybridized carbons (Fsp3) is 0.303. The van der Waals surface area contributed by atoms with E-state index in [2.05, 4.69) is 34.2 Å². The van der Waals surface area contributed by atoms with Crippen molar-refractivity contribution in [1.29, 1.82) is 0 Å². The van der Waals surface area contributed by atoms with Gasteiger partial charge in [0.25, 0.3) is 5.91 Å². The third-order valence-electron chi connectivity index (χ3n) is 7.40. The Morgan fingerprint density at radius 3 is 2.67 bits per heavy atom. The van der Waals surface area contributed by atoms with Gasteiger partial charge in [-0.25, -0.2) is 9.37 Å². The van der Waals surface area contributed by atoms with Gasteiger partial charge in [-0.3, -0.25) is 9.48 Å². The molecule has 0 bridgehead atoms. The number of carbonyl (C=O) groups is 1. The Hall–Kier alpha value is -4.08. The average Bonchev–Trinajstić information content (AvgIpc) is 3.65. The number of nitrogens with zero attached hydrogens (tertiary/aromatic N) is 3. The van der Waals surface area contributed by atoms with E-state index < -0.39 is 0 Å². The molecular formula is C33H34FN5O2S. The normalized spacial score (nSPS) is 14.2. The average molecular weight is 584 g/mol. The molecule has 1 amide bonds. The van der Waals surface area contributed by atoms with E-state index in [9.17, 15) is 9.18 Å². The summed E-state index contributed by atoms with van der Waals surface area (Å²) in [6.45, 7) is 10.9. The molecule has 2 aromatic carbocycles. The van der Waals surface area contributed by atoms with Crippen LogP contribution in [0.15, 0.2) is 53.9 Å². The fourth-order valence-electron chi connectivity index (χ4n) is 5.62. The third kappa shape index (κ3) is 5.07. The number of benzene rings is 2. The van der Waals surface area contributed by atoms with Gasteiger partial charge in [-0.2, -0.15) is 5.10 Å².